The Morgan fingerprint density at radius 3 is 2.35 bits per heavy atom. The van der Waals surface area contributed by atoms with Gasteiger partial charge in [-0.05, 0) is 57.9 Å². The number of guanidine groups is 1. The van der Waals surface area contributed by atoms with E-state index < -0.39 is 5.60 Å². The molecule has 1 aromatic carbocycles. The lowest BCUT2D eigenvalue weighted by Crippen LogP contribution is -2.40. The van der Waals surface area contributed by atoms with Crippen molar-refractivity contribution in [2.24, 2.45) is 10.7 Å². The Bertz CT molecular complexity index is 603. The first-order chi connectivity index (χ1) is 12.1. The molecule has 0 unspecified atom stereocenters. The number of carbonyl (C=O) groups is 1. The SMILES string of the molecule is COCCN(CCN=C(N)Nc1cc(C)cc(C)c1)C(=O)OC(C)(C)C. The molecule has 0 saturated carbocycles. The molecule has 0 fully saturated rings. The van der Waals surface area contributed by atoms with Gasteiger partial charge < -0.3 is 25.4 Å². The lowest BCUT2D eigenvalue weighted by molar-refractivity contribution is 0.0208. The van der Waals surface area contributed by atoms with E-state index in [0.29, 0.717) is 32.2 Å². The van der Waals surface area contributed by atoms with Crippen LogP contribution in [0, 0.1) is 13.8 Å². The molecule has 0 aliphatic heterocycles. The van der Waals surface area contributed by atoms with Crippen molar-refractivity contribution in [1.82, 2.24) is 4.90 Å². The van der Waals surface area contributed by atoms with Gasteiger partial charge in [-0.2, -0.15) is 0 Å². The number of ether oxygens (including phenoxy) is 2. The topological polar surface area (TPSA) is 89.2 Å². The van der Waals surface area contributed by atoms with Gasteiger partial charge in [-0.15, -0.1) is 0 Å². The van der Waals surface area contributed by atoms with E-state index in [0.717, 1.165) is 16.8 Å². The second-order valence-corrected chi connectivity index (χ2v) is 7.23. The van der Waals surface area contributed by atoms with Gasteiger partial charge in [0.15, 0.2) is 5.96 Å². The standard InChI is InChI=1S/C19H32N4O3/c1-14-11-15(2)13-16(12-14)22-17(20)21-7-8-23(9-10-25-6)18(24)26-19(3,4)5/h11-13H,7-10H2,1-6H3,(H3,20,21,22). The Kier molecular flexibility index (Phi) is 8.38. The van der Waals surface area contributed by atoms with Crippen molar-refractivity contribution in [3.63, 3.8) is 0 Å². The number of nitrogens with zero attached hydrogens (tertiary/aromatic N) is 2. The second-order valence-electron chi connectivity index (χ2n) is 7.23. The van der Waals surface area contributed by atoms with Crippen LogP contribution < -0.4 is 11.1 Å². The van der Waals surface area contributed by atoms with Gasteiger partial charge in [-0.1, -0.05) is 6.07 Å². The van der Waals surface area contributed by atoms with Gasteiger partial charge in [0.2, 0.25) is 0 Å². The monoisotopic (exact) mass is 364 g/mol. The molecule has 0 aromatic heterocycles. The number of anilines is 1. The Morgan fingerprint density at radius 1 is 1.19 bits per heavy atom. The number of methoxy groups -OCH3 is 1. The van der Waals surface area contributed by atoms with Crippen molar-refractivity contribution in [3.8, 4) is 0 Å². The zero-order valence-corrected chi connectivity index (χ0v) is 16.8. The van der Waals surface area contributed by atoms with Gasteiger partial charge in [-0.3, -0.25) is 4.99 Å². The predicted molar refractivity (Wildman–Crippen MR) is 106 cm³/mol. The minimum atomic E-state index is -0.546. The van der Waals surface area contributed by atoms with Crippen LogP contribution in [-0.4, -0.2) is 55.9 Å². The molecule has 3 N–H and O–H groups in total. The number of nitrogens with two attached hydrogens (primary N) is 1. The van der Waals surface area contributed by atoms with Crippen LogP contribution in [0.15, 0.2) is 23.2 Å². The summed E-state index contributed by atoms with van der Waals surface area (Å²) in [6.45, 7) is 11.2. The molecule has 26 heavy (non-hydrogen) atoms. The van der Waals surface area contributed by atoms with Crippen molar-refractivity contribution in [2.45, 2.75) is 40.2 Å². The van der Waals surface area contributed by atoms with Crippen LogP contribution in [0.25, 0.3) is 0 Å². The molecule has 0 aliphatic carbocycles. The minimum Gasteiger partial charge on any atom is -0.444 e. The third-order valence-electron chi connectivity index (χ3n) is 3.36. The summed E-state index contributed by atoms with van der Waals surface area (Å²) in [5, 5.41) is 3.08. The fourth-order valence-corrected chi connectivity index (χ4v) is 2.35. The van der Waals surface area contributed by atoms with Gasteiger partial charge in [0.25, 0.3) is 0 Å². The summed E-state index contributed by atoms with van der Waals surface area (Å²) in [5.74, 6) is 0.311. The molecular formula is C19H32N4O3. The molecule has 7 heteroatoms. The first-order valence-electron chi connectivity index (χ1n) is 8.73. The van der Waals surface area contributed by atoms with Gasteiger partial charge in [0, 0.05) is 25.9 Å². The van der Waals surface area contributed by atoms with Crippen molar-refractivity contribution < 1.29 is 14.3 Å². The number of hydrogen-bond acceptors (Lipinski definition) is 4. The van der Waals surface area contributed by atoms with Gasteiger partial charge in [0.1, 0.15) is 5.60 Å². The van der Waals surface area contributed by atoms with Gasteiger partial charge in [-0.25, -0.2) is 4.79 Å². The maximum atomic E-state index is 12.3. The average molecular weight is 364 g/mol. The Labute approximate surface area is 156 Å². The van der Waals surface area contributed by atoms with Crippen LogP contribution in [0.2, 0.25) is 0 Å². The molecule has 0 atom stereocenters. The number of carbonyl (C=O) groups excluding carboxylic acids is 1. The molecule has 0 bridgehead atoms. The highest BCUT2D eigenvalue weighted by molar-refractivity contribution is 5.92. The number of amides is 1. The van der Waals surface area contributed by atoms with Crippen molar-refractivity contribution in [1.29, 1.82) is 0 Å². The highest BCUT2D eigenvalue weighted by Crippen LogP contribution is 2.13. The largest absolute Gasteiger partial charge is 0.444 e. The molecular weight excluding hydrogens is 332 g/mol. The summed E-state index contributed by atoms with van der Waals surface area (Å²) in [4.78, 5) is 18.1. The van der Waals surface area contributed by atoms with E-state index in [4.69, 9.17) is 15.2 Å². The first kappa shape index (κ1) is 21.8. The summed E-state index contributed by atoms with van der Waals surface area (Å²) in [5.41, 5.74) is 8.60. The summed E-state index contributed by atoms with van der Waals surface area (Å²) in [7, 11) is 1.59. The number of aryl methyl sites for hydroxylation is 2. The molecule has 0 heterocycles. The van der Waals surface area contributed by atoms with Crippen LogP contribution in [0.4, 0.5) is 10.5 Å². The van der Waals surface area contributed by atoms with E-state index in [1.54, 1.807) is 12.0 Å². The maximum Gasteiger partial charge on any atom is 0.410 e. The van der Waals surface area contributed by atoms with E-state index in [1.165, 1.54) is 0 Å². The quantitative estimate of drug-likeness (QED) is 0.573. The summed E-state index contributed by atoms with van der Waals surface area (Å²) >= 11 is 0. The second kappa shape index (κ2) is 10.0. The molecule has 0 aliphatic rings. The zero-order chi connectivity index (χ0) is 19.7. The van der Waals surface area contributed by atoms with Crippen LogP contribution in [0.3, 0.4) is 0 Å². The van der Waals surface area contributed by atoms with Gasteiger partial charge in [0.05, 0.1) is 13.2 Å². The Morgan fingerprint density at radius 2 is 1.81 bits per heavy atom. The molecule has 146 valence electrons. The highest BCUT2D eigenvalue weighted by Gasteiger charge is 2.21. The smallest absolute Gasteiger partial charge is 0.410 e. The van der Waals surface area contributed by atoms with E-state index in [1.807, 2.05) is 46.8 Å². The first-order valence-corrected chi connectivity index (χ1v) is 8.73. The average Bonchev–Trinajstić information content (AvgIpc) is 2.47. The summed E-state index contributed by atoms with van der Waals surface area (Å²) in [6, 6.07) is 6.09. The fraction of sp³-hybridized carbons (Fsp3) is 0.579. The summed E-state index contributed by atoms with van der Waals surface area (Å²) in [6.07, 6.45) is -0.384. The maximum absolute atomic E-state index is 12.3. The lowest BCUT2D eigenvalue weighted by Gasteiger charge is -2.26. The van der Waals surface area contributed by atoms with Crippen LogP contribution in [0.1, 0.15) is 31.9 Å². The number of aliphatic imine (C=N–C) groups is 1. The van der Waals surface area contributed by atoms with E-state index in [2.05, 4.69) is 16.4 Å². The number of hydrogen-bond donors (Lipinski definition) is 2. The molecule has 0 radical (unpaired) electrons. The molecule has 0 saturated heterocycles. The fourth-order valence-electron chi connectivity index (χ4n) is 2.35. The minimum absolute atomic E-state index is 0.311. The van der Waals surface area contributed by atoms with Crippen LogP contribution in [0.5, 0.6) is 0 Å². The number of rotatable bonds is 7. The van der Waals surface area contributed by atoms with E-state index in [9.17, 15) is 4.79 Å². The number of nitrogens with one attached hydrogen (secondary N) is 1. The van der Waals surface area contributed by atoms with Crippen molar-refractivity contribution in [3.05, 3.63) is 29.3 Å². The normalized spacial score (nSPS) is 12.0. The van der Waals surface area contributed by atoms with Crippen LogP contribution in [-0.2, 0) is 9.47 Å². The lowest BCUT2D eigenvalue weighted by atomic mass is 10.1. The molecule has 1 aromatic rings. The van der Waals surface area contributed by atoms with E-state index >= 15 is 0 Å². The van der Waals surface area contributed by atoms with E-state index in [-0.39, 0.29) is 6.09 Å². The predicted octanol–water partition coefficient (Wildman–Crippen LogP) is 2.91. The zero-order valence-electron chi connectivity index (χ0n) is 16.8. The molecule has 1 amide bonds. The van der Waals surface area contributed by atoms with Crippen LogP contribution >= 0.6 is 0 Å². The molecule has 7 nitrogen and oxygen atoms in total. The van der Waals surface area contributed by atoms with Gasteiger partial charge >= 0.3 is 6.09 Å². The van der Waals surface area contributed by atoms with Crippen molar-refractivity contribution in [2.75, 3.05) is 38.7 Å². The number of benzene rings is 1. The molecule has 1 rings (SSSR count). The Balaban J connectivity index is 2.63. The third-order valence-corrected chi connectivity index (χ3v) is 3.36. The third kappa shape index (κ3) is 8.71. The molecule has 0 spiro atoms. The Hall–Kier alpha value is -2.28. The van der Waals surface area contributed by atoms with Crippen molar-refractivity contribution >= 4 is 17.7 Å². The highest BCUT2D eigenvalue weighted by atomic mass is 16.6. The summed E-state index contributed by atoms with van der Waals surface area (Å²) < 4.78 is 10.5.